The van der Waals surface area contributed by atoms with Crippen LogP contribution >= 0.6 is 11.8 Å². The lowest BCUT2D eigenvalue weighted by atomic mass is 9.78. The maximum Gasteiger partial charge on any atom is 0.392 e. The van der Waals surface area contributed by atoms with E-state index in [0.717, 1.165) is 12.8 Å². The molecule has 1 saturated carbocycles. The van der Waals surface area contributed by atoms with Crippen molar-refractivity contribution in [2.75, 3.05) is 5.88 Å². The van der Waals surface area contributed by atoms with Gasteiger partial charge in [-0.1, -0.05) is 6.92 Å². The summed E-state index contributed by atoms with van der Waals surface area (Å²) in [5, 5.41) is 0.479. The highest BCUT2D eigenvalue weighted by atomic mass is 32.2. The van der Waals surface area contributed by atoms with Crippen molar-refractivity contribution in [1.29, 1.82) is 0 Å². The van der Waals surface area contributed by atoms with Crippen molar-refractivity contribution < 1.29 is 13.2 Å². The smallest absolute Gasteiger partial charge is 0.322 e. The standard InChI is InChI=1S/C11H20F3NS/c1-2-10(11(12,13)14)8-3-5-9(6-4-8)16-7-15/h8-10H,2-7,15H2,1H3. The third kappa shape index (κ3) is 3.84. The summed E-state index contributed by atoms with van der Waals surface area (Å²) in [5.41, 5.74) is 5.43. The Bertz CT molecular complexity index is 200. The van der Waals surface area contributed by atoms with Gasteiger partial charge in [0.2, 0.25) is 0 Å². The van der Waals surface area contributed by atoms with Crippen LogP contribution in [0, 0.1) is 11.8 Å². The van der Waals surface area contributed by atoms with Gasteiger partial charge in [-0.15, -0.1) is 11.8 Å². The SMILES string of the molecule is CCC(C1CCC(SCN)CC1)C(F)(F)F. The highest BCUT2D eigenvalue weighted by Crippen LogP contribution is 2.43. The molecule has 0 spiro atoms. The summed E-state index contributed by atoms with van der Waals surface area (Å²) in [4.78, 5) is 0. The first-order valence-electron chi connectivity index (χ1n) is 5.87. The molecule has 0 amide bonds. The number of hydrogen-bond acceptors (Lipinski definition) is 2. The molecular weight excluding hydrogens is 235 g/mol. The highest BCUT2D eigenvalue weighted by molar-refractivity contribution is 7.99. The van der Waals surface area contributed by atoms with Crippen LogP contribution in [0.15, 0.2) is 0 Å². The van der Waals surface area contributed by atoms with E-state index >= 15 is 0 Å². The Balaban J connectivity index is 2.45. The Morgan fingerprint density at radius 2 is 1.81 bits per heavy atom. The molecule has 1 atom stereocenters. The van der Waals surface area contributed by atoms with Crippen LogP contribution < -0.4 is 5.73 Å². The minimum Gasteiger partial charge on any atom is -0.322 e. The molecule has 0 bridgehead atoms. The van der Waals surface area contributed by atoms with E-state index in [1.54, 1.807) is 18.7 Å². The summed E-state index contributed by atoms with van der Waals surface area (Å²) >= 11 is 1.68. The largest absolute Gasteiger partial charge is 0.392 e. The topological polar surface area (TPSA) is 26.0 Å². The average Bonchev–Trinajstić information content (AvgIpc) is 2.20. The summed E-state index contributed by atoms with van der Waals surface area (Å²) < 4.78 is 38.2. The highest BCUT2D eigenvalue weighted by Gasteiger charge is 2.43. The van der Waals surface area contributed by atoms with Gasteiger partial charge in [-0.05, 0) is 38.0 Å². The van der Waals surface area contributed by atoms with E-state index in [1.807, 2.05) is 0 Å². The van der Waals surface area contributed by atoms with Crippen LogP contribution in [0.3, 0.4) is 0 Å². The fourth-order valence-electron chi connectivity index (χ4n) is 2.63. The van der Waals surface area contributed by atoms with E-state index in [4.69, 9.17) is 5.73 Å². The van der Waals surface area contributed by atoms with Gasteiger partial charge in [-0.2, -0.15) is 13.2 Å². The summed E-state index contributed by atoms with van der Waals surface area (Å²) in [6.45, 7) is 1.64. The van der Waals surface area contributed by atoms with E-state index in [0.29, 0.717) is 24.0 Å². The van der Waals surface area contributed by atoms with Crippen molar-refractivity contribution in [3.63, 3.8) is 0 Å². The molecule has 1 unspecified atom stereocenters. The summed E-state index contributed by atoms with van der Waals surface area (Å²) in [7, 11) is 0. The molecule has 96 valence electrons. The van der Waals surface area contributed by atoms with Crippen molar-refractivity contribution in [1.82, 2.24) is 0 Å². The molecule has 0 aromatic rings. The molecule has 16 heavy (non-hydrogen) atoms. The fourth-order valence-corrected chi connectivity index (χ4v) is 3.50. The normalized spacial score (nSPS) is 29.1. The number of thioether (sulfide) groups is 1. The van der Waals surface area contributed by atoms with Crippen LogP contribution in [-0.2, 0) is 0 Å². The zero-order chi connectivity index (χ0) is 12.2. The van der Waals surface area contributed by atoms with Crippen LogP contribution in [0.5, 0.6) is 0 Å². The van der Waals surface area contributed by atoms with E-state index in [1.165, 1.54) is 0 Å². The Kier molecular flexibility index (Phi) is 5.44. The van der Waals surface area contributed by atoms with Crippen molar-refractivity contribution in [3.05, 3.63) is 0 Å². The molecule has 0 heterocycles. The van der Waals surface area contributed by atoms with Crippen molar-refractivity contribution in [3.8, 4) is 0 Å². The van der Waals surface area contributed by atoms with Crippen LogP contribution in [0.1, 0.15) is 39.0 Å². The van der Waals surface area contributed by atoms with Gasteiger partial charge in [-0.25, -0.2) is 0 Å². The summed E-state index contributed by atoms with van der Waals surface area (Å²) in [6.07, 6.45) is -0.625. The van der Waals surface area contributed by atoms with E-state index < -0.39 is 12.1 Å². The van der Waals surface area contributed by atoms with E-state index in [-0.39, 0.29) is 12.3 Å². The number of alkyl halides is 3. The number of hydrogen-bond donors (Lipinski definition) is 1. The molecule has 5 heteroatoms. The second kappa shape index (κ2) is 6.15. The van der Waals surface area contributed by atoms with Gasteiger partial charge in [-0.3, -0.25) is 0 Å². The zero-order valence-electron chi connectivity index (χ0n) is 9.59. The quantitative estimate of drug-likeness (QED) is 0.774. The molecule has 1 aliphatic carbocycles. The third-order valence-electron chi connectivity index (χ3n) is 3.48. The lowest BCUT2D eigenvalue weighted by Gasteiger charge is -2.34. The maximum atomic E-state index is 12.7. The Morgan fingerprint density at radius 3 is 2.19 bits per heavy atom. The van der Waals surface area contributed by atoms with Crippen LogP contribution in [-0.4, -0.2) is 17.3 Å². The van der Waals surface area contributed by atoms with Gasteiger partial charge in [0.05, 0.1) is 5.92 Å². The lowest BCUT2D eigenvalue weighted by Crippen LogP contribution is -2.33. The second-order valence-corrected chi connectivity index (χ2v) is 5.76. The monoisotopic (exact) mass is 255 g/mol. The minimum absolute atomic E-state index is 0.167. The lowest BCUT2D eigenvalue weighted by molar-refractivity contribution is -0.192. The molecule has 0 aliphatic heterocycles. The third-order valence-corrected chi connectivity index (χ3v) is 4.62. The molecule has 0 aromatic heterocycles. The van der Waals surface area contributed by atoms with Gasteiger partial charge in [0.25, 0.3) is 0 Å². The molecular formula is C11H20F3NS. The average molecular weight is 255 g/mol. The van der Waals surface area contributed by atoms with Crippen molar-refractivity contribution in [2.45, 2.75) is 50.5 Å². The van der Waals surface area contributed by atoms with Crippen molar-refractivity contribution in [2.24, 2.45) is 17.6 Å². The number of nitrogens with two attached hydrogens (primary N) is 1. The second-order valence-electron chi connectivity index (χ2n) is 4.43. The molecule has 0 radical (unpaired) electrons. The molecule has 0 aromatic carbocycles. The summed E-state index contributed by atoms with van der Waals surface area (Å²) in [5.74, 6) is -0.692. The molecule has 0 saturated heterocycles. The van der Waals surface area contributed by atoms with Crippen LogP contribution in [0.25, 0.3) is 0 Å². The zero-order valence-corrected chi connectivity index (χ0v) is 10.4. The van der Waals surface area contributed by atoms with Crippen LogP contribution in [0.4, 0.5) is 13.2 Å². The predicted octanol–water partition coefficient (Wildman–Crippen LogP) is 3.78. The molecule has 1 aliphatic rings. The molecule has 1 fully saturated rings. The first-order valence-corrected chi connectivity index (χ1v) is 6.92. The van der Waals surface area contributed by atoms with E-state index in [9.17, 15) is 13.2 Å². The van der Waals surface area contributed by atoms with Crippen LogP contribution in [0.2, 0.25) is 0 Å². The van der Waals surface area contributed by atoms with Gasteiger partial charge in [0.15, 0.2) is 0 Å². The number of rotatable bonds is 4. The fraction of sp³-hybridized carbons (Fsp3) is 1.00. The minimum atomic E-state index is -4.02. The number of halogens is 3. The first-order chi connectivity index (χ1) is 7.49. The van der Waals surface area contributed by atoms with Gasteiger partial charge >= 0.3 is 6.18 Å². The summed E-state index contributed by atoms with van der Waals surface area (Å²) in [6, 6.07) is 0. The Labute approximate surface area is 99.3 Å². The Morgan fingerprint density at radius 1 is 1.25 bits per heavy atom. The van der Waals surface area contributed by atoms with Gasteiger partial charge in [0.1, 0.15) is 0 Å². The molecule has 1 rings (SSSR count). The molecule has 1 nitrogen and oxygen atoms in total. The first kappa shape index (κ1) is 14.2. The predicted molar refractivity (Wildman–Crippen MR) is 62.2 cm³/mol. The maximum absolute atomic E-state index is 12.7. The van der Waals surface area contributed by atoms with E-state index in [2.05, 4.69) is 0 Å². The van der Waals surface area contributed by atoms with Gasteiger partial charge < -0.3 is 5.73 Å². The van der Waals surface area contributed by atoms with Gasteiger partial charge in [0, 0.05) is 11.1 Å². The Hall–Kier alpha value is 0.100. The van der Waals surface area contributed by atoms with Crippen molar-refractivity contribution >= 4 is 11.8 Å². The molecule has 2 N–H and O–H groups in total.